The molecule has 0 rings (SSSR count). The van der Waals surface area contributed by atoms with E-state index in [0.29, 0.717) is 13.0 Å². The zero-order chi connectivity index (χ0) is 43.7. The number of hydrogen-bond acceptors (Lipinski definition) is 7. The fourth-order valence-electron chi connectivity index (χ4n) is 7.37. The Morgan fingerprint density at radius 3 is 1.40 bits per heavy atom. The van der Waals surface area contributed by atoms with Crippen LogP contribution in [0.5, 0.6) is 0 Å². The molecule has 0 saturated heterocycles. The second-order valence-corrected chi connectivity index (χ2v) is 18.5. The van der Waals surface area contributed by atoms with Crippen molar-refractivity contribution < 1.29 is 32.8 Å². The van der Waals surface area contributed by atoms with Crippen molar-refractivity contribution in [1.29, 1.82) is 0 Å². The van der Waals surface area contributed by atoms with Crippen LogP contribution in [0.4, 0.5) is 0 Å². The van der Waals surface area contributed by atoms with E-state index in [1.807, 2.05) is 0 Å². The van der Waals surface area contributed by atoms with E-state index >= 15 is 0 Å². The number of nitrogens with two attached hydrogens (primary N) is 1. The average Bonchev–Trinajstić information content (AvgIpc) is 3.24. The van der Waals surface area contributed by atoms with Crippen molar-refractivity contribution in [2.24, 2.45) is 5.73 Å². The van der Waals surface area contributed by atoms with E-state index in [1.54, 1.807) is 0 Å². The number of esters is 1. The molecule has 0 fully saturated rings. The zero-order valence-electron chi connectivity index (χ0n) is 39.5. The van der Waals surface area contributed by atoms with Gasteiger partial charge in [-0.25, -0.2) is 4.57 Å². The lowest BCUT2D eigenvalue weighted by molar-refractivity contribution is -0.154. The van der Waals surface area contributed by atoms with Crippen LogP contribution in [0, 0.1) is 0 Å². The van der Waals surface area contributed by atoms with Crippen LogP contribution >= 0.6 is 7.82 Å². The van der Waals surface area contributed by atoms with Crippen LogP contribution in [0.2, 0.25) is 0 Å². The van der Waals surface area contributed by atoms with Crippen molar-refractivity contribution in [3.63, 3.8) is 0 Å². The Bertz CT molecular complexity index is 1020. The molecule has 0 aromatic carbocycles. The first-order valence-electron chi connectivity index (χ1n) is 25.5. The Morgan fingerprint density at radius 2 is 0.933 bits per heavy atom. The van der Waals surface area contributed by atoms with Crippen molar-refractivity contribution in [3.8, 4) is 0 Å². The number of ether oxygens (including phenoxy) is 2. The van der Waals surface area contributed by atoms with E-state index in [1.165, 1.54) is 161 Å². The van der Waals surface area contributed by atoms with Gasteiger partial charge in [-0.1, -0.05) is 230 Å². The highest BCUT2D eigenvalue weighted by Gasteiger charge is 2.25. The highest BCUT2D eigenvalue weighted by molar-refractivity contribution is 7.47. The lowest BCUT2D eigenvalue weighted by Crippen LogP contribution is -2.28. The summed E-state index contributed by atoms with van der Waals surface area (Å²) in [5.41, 5.74) is 5.38. The Labute approximate surface area is 371 Å². The van der Waals surface area contributed by atoms with Gasteiger partial charge >= 0.3 is 13.8 Å². The molecule has 354 valence electrons. The van der Waals surface area contributed by atoms with Crippen LogP contribution in [0.15, 0.2) is 36.5 Å². The number of carbonyl (C=O) groups is 1. The van der Waals surface area contributed by atoms with Gasteiger partial charge < -0.3 is 20.1 Å². The minimum absolute atomic E-state index is 0.0972. The molecule has 0 heterocycles. The van der Waals surface area contributed by atoms with E-state index < -0.39 is 13.9 Å². The first-order chi connectivity index (χ1) is 29.4. The topological polar surface area (TPSA) is 117 Å². The minimum atomic E-state index is -4.28. The number of unbranched alkanes of at least 4 members (excludes halogenated alkanes) is 30. The summed E-state index contributed by atoms with van der Waals surface area (Å²) in [6.45, 7) is 4.82. The molecule has 0 aromatic rings. The van der Waals surface area contributed by atoms with Crippen LogP contribution in [0.3, 0.4) is 0 Å². The summed E-state index contributed by atoms with van der Waals surface area (Å²) in [4.78, 5) is 22.6. The molecule has 0 radical (unpaired) electrons. The van der Waals surface area contributed by atoms with Gasteiger partial charge in [0.1, 0.15) is 6.10 Å². The average molecular weight is 868 g/mol. The summed E-state index contributed by atoms with van der Waals surface area (Å²) in [7, 11) is -4.28. The normalized spacial score (nSPS) is 13.6. The van der Waals surface area contributed by atoms with Gasteiger partial charge in [0.25, 0.3) is 0 Å². The van der Waals surface area contributed by atoms with Crippen LogP contribution in [0.25, 0.3) is 0 Å². The van der Waals surface area contributed by atoms with E-state index in [-0.39, 0.29) is 32.3 Å². The molecule has 0 aliphatic heterocycles. The number of hydrogen-bond donors (Lipinski definition) is 2. The van der Waals surface area contributed by atoms with Crippen molar-refractivity contribution in [1.82, 2.24) is 0 Å². The Balaban J connectivity index is 3.88. The molecule has 0 amide bonds. The largest absolute Gasteiger partial charge is 0.472 e. The van der Waals surface area contributed by atoms with E-state index in [0.717, 1.165) is 64.2 Å². The predicted molar refractivity (Wildman–Crippen MR) is 256 cm³/mol. The molecule has 2 atom stereocenters. The third-order valence-electron chi connectivity index (χ3n) is 11.1. The van der Waals surface area contributed by atoms with Crippen molar-refractivity contribution in [2.75, 3.05) is 33.0 Å². The second kappa shape index (κ2) is 48.7. The molecule has 0 spiro atoms. The summed E-state index contributed by atoms with van der Waals surface area (Å²) >= 11 is 0. The quantitative estimate of drug-likeness (QED) is 0.0269. The van der Waals surface area contributed by atoms with Gasteiger partial charge in [-0.2, -0.15) is 0 Å². The van der Waals surface area contributed by atoms with Crippen molar-refractivity contribution in [2.45, 2.75) is 251 Å². The molecular weight excluding hydrogens is 770 g/mol. The summed E-state index contributed by atoms with van der Waals surface area (Å²) in [5, 5.41) is 0. The predicted octanol–water partition coefficient (Wildman–Crippen LogP) is 15.8. The lowest BCUT2D eigenvalue weighted by Gasteiger charge is -2.20. The molecule has 9 heteroatoms. The molecule has 0 bridgehead atoms. The SMILES string of the molecule is CC/C=C\C/C=C\C/C=C\CCCCCCCCOCC(COP(=O)(O)OCCN)OC(=O)CCCCCCCCCCCCCCCCCCCCCCCCCCC. The number of rotatable bonds is 49. The Kier molecular flexibility index (Phi) is 47.7. The zero-order valence-corrected chi connectivity index (χ0v) is 40.3. The molecule has 8 nitrogen and oxygen atoms in total. The van der Waals surface area contributed by atoms with Gasteiger partial charge in [-0.05, 0) is 44.9 Å². The molecule has 0 saturated carbocycles. The smallest absolute Gasteiger partial charge is 0.457 e. The maximum atomic E-state index is 12.7. The first kappa shape index (κ1) is 58.7. The van der Waals surface area contributed by atoms with Crippen LogP contribution < -0.4 is 5.73 Å². The fraction of sp³-hybridized carbons (Fsp3) is 0.863. The van der Waals surface area contributed by atoms with Gasteiger partial charge in [0, 0.05) is 19.6 Å². The maximum Gasteiger partial charge on any atom is 0.472 e. The minimum Gasteiger partial charge on any atom is -0.457 e. The summed E-state index contributed by atoms with van der Waals surface area (Å²) in [5.74, 6) is -0.330. The number of phosphoric ester groups is 1. The Hall–Kier alpha value is -1.28. The standard InChI is InChI=1S/C51H98NO7P/c1-3-5-7-9-11-13-15-17-19-21-22-23-24-25-26-27-28-29-30-32-34-36-38-40-42-44-51(53)59-50(49-58-60(54,55)57-47-45-52)48-56-46-43-41-39-37-35-33-31-20-18-16-14-12-10-8-6-4-2/h6,8,12,14,18,20,50H,3-5,7,9-11,13,15-17,19,21-49,52H2,1-2H3,(H,54,55)/b8-6-,14-12-,20-18-. The lowest BCUT2D eigenvalue weighted by atomic mass is 10.0. The van der Waals surface area contributed by atoms with Gasteiger partial charge in [-0.15, -0.1) is 0 Å². The molecule has 0 aliphatic carbocycles. The Morgan fingerprint density at radius 1 is 0.517 bits per heavy atom. The van der Waals surface area contributed by atoms with E-state index in [2.05, 4.69) is 50.3 Å². The fourth-order valence-corrected chi connectivity index (χ4v) is 8.13. The maximum absolute atomic E-state index is 12.7. The van der Waals surface area contributed by atoms with Crippen molar-refractivity contribution >= 4 is 13.8 Å². The first-order valence-corrected chi connectivity index (χ1v) is 27.0. The summed E-state index contributed by atoms with van der Waals surface area (Å²) < 4.78 is 33.5. The summed E-state index contributed by atoms with van der Waals surface area (Å²) in [6.07, 6.45) is 57.6. The molecule has 0 aliphatic rings. The summed E-state index contributed by atoms with van der Waals surface area (Å²) in [6, 6.07) is 0. The monoisotopic (exact) mass is 868 g/mol. The molecule has 3 N–H and O–H groups in total. The molecule has 2 unspecified atom stereocenters. The van der Waals surface area contributed by atoms with Crippen LogP contribution in [-0.4, -0.2) is 49.9 Å². The molecule has 60 heavy (non-hydrogen) atoms. The van der Waals surface area contributed by atoms with Gasteiger partial charge in [0.05, 0.1) is 19.8 Å². The number of carbonyl (C=O) groups excluding carboxylic acids is 1. The van der Waals surface area contributed by atoms with Crippen molar-refractivity contribution in [3.05, 3.63) is 36.5 Å². The highest BCUT2D eigenvalue weighted by atomic mass is 31.2. The van der Waals surface area contributed by atoms with Crippen LogP contribution in [-0.2, 0) is 27.9 Å². The second-order valence-electron chi connectivity index (χ2n) is 17.0. The van der Waals surface area contributed by atoms with Gasteiger partial charge in [0.15, 0.2) is 0 Å². The van der Waals surface area contributed by atoms with E-state index in [9.17, 15) is 14.3 Å². The number of allylic oxidation sites excluding steroid dienone is 6. The molecule has 0 aromatic heterocycles. The van der Waals surface area contributed by atoms with Gasteiger partial charge in [0.2, 0.25) is 0 Å². The highest BCUT2D eigenvalue weighted by Crippen LogP contribution is 2.43. The molecular formula is C51H98NO7P. The third-order valence-corrected chi connectivity index (χ3v) is 12.1. The number of phosphoric acid groups is 1. The van der Waals surface area contributed by atoms with Crippen LogP contribution in [0.1, 0.15) is 245 Å². The third kappa shape index (κ3) is 47.8. The van der Waals surface area contributed by atoms with E-state index in [4.69, 9.17) is 24.3 Å². The van der Waals surface area contributed by atoms with Gasteiger partial charge in [-0.3, -0.25) is 13.8 Å².